The van der Waals surface area contributed by atoms with E-state index in [0.29, 0.717) is 0 Å². The summed E-state index contributed by atoms with van der Waals surface area (Å²) >= 11 is 0. The zero-order valence-corrected chi connectivity index (χ0v) is 12.3. The van der Waals surface area contributed by atoms with Crippen molar-refractivity contribution in [2.75, 3.05) is 0 Å². The van der Waals surface area contributed by atoms with Crippen molar-refractivity contribution >= 4 is 24.2 Å². The number of benzene rings is 1. The third-order valence-electron chi connectivity index (χ3n) is 3.85. The second kappa shape index (κ2) is 3.82. The number of aryl methyl sites for hydroxylation is 2. The third-order valence-corrected chi connectivity index (χ3v) is 5.87. The van der Waals surface area contributed by atoms with Gasteiger partial charge in [-0.15, -0.1) is 0 Å². The number of pyridine rings is 1. The lowest BCUT2D eigenvalue weighted by Gasteiger charge is -2.24. The van der Waals surface area contributed by atoms with Crippen molar-refractivity contribution in [1.82, 2.24) is 4.57 Å². The van der Waals surface area contributed by atoms with Gasteiger partial charge in [-0.3, -0.25) is 4.79 Å². The van der Waals surface area contributed by atoms with Gasteiger partial charge in [-0.2, -0.15) is 0 Å². The minimum atomic E-state index is -1.29. The quantitative estimate of drug-likeness (QED) is 0.719. The molecule has 0 unspecified atom stereocenters. The van der Waals surface area contributed by atoms with Crippen LogP contribution in [0.5, 0.6) is 0 Å². The van der Waals surface area contributed by atoms with Gasteiger partial charge in [0.15, 0.2) is 0 Å². The maximum Gasteiger partial charge on any atom is 0.251 e. The molecule has 2 heterocycles. The predicted octanol–water partition coefficient (Wildman–Crippen LogP) is 2.49. The predicted molar refractivity (Wildman–Crippen MR) is 79.5 cm³/mol. The molecule has 0 saturated heterocycles. The third kappa shape index (κ3) is 1.74. The fourth-order valence-electron chi connectivity index (χ4n) is 2.81. The molecule has 0 bridgehead atoms. The molecule has 1 aliphatic rings. The highest BCUT2D eigenvalue weighted by Gasteiger charge is 2.20. The molecule has 0 radical (unpaired) electrons. The van der Waals surface area contributed by atoms with E-state index in [4.69, 9.17) is 0 Å². The van der Waals surface area contributed by atoms with Crippen molar-refractivity contribution in [3.63, 3.8) is 0 Å². The first kappa shape index (κ1) is 11.7. The van der Waals surface area contributed by atoms with Crippen molar-refractivity contribution in [1.29, 1.82) is 0 Å². The Kier molecular flexibility index (Phi) is 2.49. The van der Waals surface area contributed by atoms with Gasteiger partial charge >= 0.3 is 0 Å². The molecular weight excluding hydrogens is 238 g/mol. The van der Waals surface area contributed by atoms with E-state index in [-0.39, 0.29) is 5.56 Å². The Labute approximate surface area is 108 Å². The fourth-order valence-corrected chi connectivity index (χ4v) is 4.01. The van der Waals surface area contributed by atoms with Crippen LogP contribution in [0, 0.1) is 0 Å². The maximum atomic E-state index is 11.9. The average Bonchev–Trinajstić information content (AvgIpc) is 2.32. The standard InChI is InChI=1S/C15H19NOSi/c1-18(2,3)13-9-11-5-4-8-16-14(17)7-6-12(10-13)15(11)16/h6-7,9-10H,4-5,8H2,1-3H3. The summed E-state index contributed by atoms with van der Waals surface area (Å²) in [6.45, 7) is 7.99. The number of nitrogens with zero attached hydrogens (tertiary/aromatic N) is 1. The van der Waals surface area contributed by atoms with Crippen LogP contribution in [-0.4, -0.2) is 12.6 Å². The molecule has 0 amide bonds. The van der Waals surface area contributed by atoms with Crippen LogP contribution in [0.3, 0.4) is 0 Å². The maximum absolute atomic E-state index is 11.9. The van der Waals surface area contributed by atoms with Crippen molar-refractivity contribution in [3.8, 4) is 0 Å². The highest BCUT2D eigenvalue weighted by Crippen LogP contribution is 2.23. The molecule has 0 atom stereocenters. The number of hydrogen-bond acceptors (Lipinski definition) is 1. The Balaban J connectivity index is 2.40. The molecule has 2 nitrogen and oxygen atoms in total. The van der Waals surface area contributed by atoms with Crippen LogP contribution in [0.2, 0.25) is 19.6 Å². The summed E-state index contributed by atoms with van der Waals surface area (Å²) in [6.07, 6.45) is 2.19. The van der Waals surface area contributed by atoms with Crippen molar-refractivity contribution in [2.45, 2.75) is 39.0 Å². The van der Waals surface area contributed by atoms with E-state index in [2.05, 4.69) is 31.8 Å². The highest BCUT2D eigenvalue weighted by atomic mass is 28.3. The van der Waals surface area contributed by atoms with Crippen molar-refractivity contribution in [3.05, 3.63) is 40.2 Å². The van der Waals surface area contributed by atoms with Gasteiger partial charge in [0.05, 0.1) is 13.6 Å². The smallest absolute Gasteiger partial charge is 0.251 e. The second-order valence-corrected chi connectivity index (χ2v) is 11.3. The van der Waals surface area contributed by atoms with E-state index in [1.807, 2.05) is 10.6 Å². The van der Waals surface area contributed by atoms with Crippen LogP contribution in [0.1, 0.15) is 12.0 Å². The molecule has 0 spiro atoms. The zero-order valence-electron chi connectivity index (χ0n) is 11.3. The molecule has 3 heteroatoms. The van der Waals surface area contributed by atoms with Gasteiger partial charge in [0.25, 0.3) is 5.56 Å². The van der Waals surface area contributed by atoms with Gasteiger partial charge in [0, 0.05) is 12.6 Å². The monoisotopic (exact) mass is 257 g/mol. The Hall–Kier alpha value is -1.35. The first-order chi connectivity index (χ1) is 8.47. The zero-order chi connectivity index (χ0) is 12.9. The van der Waals surface area contributed by atoms with E-state index < -0.39 is 8.07 Å². The summed E-state index contributed by atoms with van der Waals surface area (Å²) in [7, 11) is -1.29. The van der Waals surface area contributed by atoms with Gasteiger partial charge < -0.3 is 4.57 Å². The summed E-state index contributed by atoms with van der Waals surface area (Å²) in [4.78, 5) is 11.9. The minimum Gasteiger partial charge on any atom is -0.308 e. The first-order valence-corrected chi connectivity index (χ1v) is 10.1. The lowest BCUT2D eigenvalue weighted by atomic mass is 10.0. The van der Waals surface area contributed by atoms with Crippen LogP contribution >= 0.6 is 0 Å². The Bertz CT molecular complexity index is 679. The largest absolute Gasteiger partial charge is 0.308 e. The Morgan fingerprint density at radius 3 is 2.67 bits per heavy atom. The van der Waals surface area contributed by atoms with E-state index in [9.17, 15) is 4.79 Å². The molecule has 0 aliphatic carbocycles. The molecule has 18 heavy (non-hydrogen) atoms. The van der Waals surface area contributed by atoms with E-state index in [1.165, 1.54) is 21.7 Å². The Morgan fingerprint density at radius 2 is 1.94 bits per heavy atom. The molecule has 1 aromatic carbocycles. The molecule has 3 rings (SSSR count). The highest BCUT2D eigenvalue weighted by molar-refractivity contribution is 6.88. The topological polar surface area (TPSA) is 22.0 Å². The average molecular weight is 257 g/mol. The van der Waals surface area contributed by atoms with Crippen LogP contribution in [0.25, 0.3) is 10.9 Å². The van der Waals surface area contributed by atoms with Crippen LogP contribution in [0.15, 0.2) is 29.1 Å². The van der Waals surface area contributed by atoms with Crippen molar-refractivity contribution < 1.29 is 0 Å². The second-order valence-electron chi connectivity index (χ2n) is 6.25. The Morgan fingerprint density at radius 1 is 1.17 bits per heavy atom. The summed E-state index contributed by atoms with van der Waals surface area (Å²) in [6, 6.07) is 8.36. The molecule has 2 aromatic rings. The van der Waals surface area contributed by atoms with Gasteiger partial charge in [-0.05, 0) is 29.9 Å². The normalized spacial score (nSPS) is 15.1. The summed E-state index contributed by atoms with van der Waals surface area (Å²) in [5, 5.41) is 2.74. The molecular formula is C15H19NOSi. The van der Waals surface area contributed by atoms with Gasteiger partial charge in [0.2, 0.25) is 0 Å². The van der Waals surface area contributed by atoms with E-state index in [1.54, 1.807) is 6.07 Å². The number of hydrogen-bond donors (Lipinski definition) is 0. The summed E-state index contributed by atoms with van der Waals surface area (Å²) in [5.74, 6) is 0. The van der Waals surface area contributed by atoms with Crippen LogP contribution in [-0.2, 0) is 13.0 Å². The van der Waals surface area contributed by atoms with Gasteiger partial charge in [0.1, 0.15) is 0 Å². The number of aromatic nitrogens is 1. The fraction of sp³-hybridized carbons (Fsp3) is 0.400. The van der Waals surface area contributed by atoms with Gasteiger partial charge in [-0.1, -0.05) is 37.0 Å². The molecule has 0 N–H and O–H groups in total. The minimum absolute atomic E-state index is 0.143. The van der Waals surface area contributed by atoms with E-state index in [0.717, 1.165) is 19.4 Å². The van der Waals surface area contributed by atoms with Crippen molar-refractivity contribution in [2.24, 2.45) is 0 Å². The lowest BCUT2D eigenvalue weighted by Crippen LogP contribution is -2.38. The summed E-state index contributed by atoms with van der Waals surface area (Å²) in [5.41, 5.74) is 2.69. The SMILES string of the molecule is C[Si](C)(C)c1cc2c3c(ccc(=O)n3CCC2)c1. The van der Waals surface area contributed by atoms with Gasteiger partial charge in [-0.25, -0.2) is 0 Å². The first-order valence-electron chi connectivity index (χ1n) is 6.64. The summed E-state index contributed by atoms with van der Waals surface area (Å²) < 4.78 is 1.95. The number of rotatable bonds is 1. The van der Waals surface area contributed by atoms with E-state index >= 15 is 0 Å². The molecule has 0 fully saturated rings. The molecule has 1 aromatic heterocycles. The van der Waals surface area contributed by atoms with Crippen LogP contribution < -0.4 is 10.7 Å². The molecule has 94 valence electrons. The van der Waals surface area contributed by atoms with Crippen LogP contribution in [0.4, 0.5) is 0 Å². The molecule has 0 saturated carbocycles. The lowest BCUT2D eigenvalue weighted by molar-refractivity contribution is 0.616. The molecule has 1 aliphatic heterocycles.